The number of carboxylic acids is 1. The van der Waals surface area contributed by atoms with E-state index in [2.05, 4.69) is 28.6 Å². The summed E-state index contributed by atoms with van der Waals surface area (Å²) >= 11 is 6.53. The summed E-state index contributed by atoms with van der Waals surface area (Å²) in [4.78, 5) is 10.8. The number of carboxylic acid groups (broad SMARTS) is 1. The third-order valence-corrected chi connectivity index (χ3v) is 11.0. The van der Waals surface area contributed by atoms with Gasteiger partial charge in [0.15, 0.2) is 6.23 Å². The first-order chi connectivity index (χ1) is 24.9. The largest absolute Gasteiger partial charge is 0.545 e. The average Bonchev–Trinajstić information content (AvgIpc) is 3.59. The number of rotatable bonds is 9. The first kappa shape index (κ1) is 37.0. The predicted octanol–water partition coefficient (Wildman–Crippen LogP) is 8.88. The Bertz CT molecular complexity index is 1800. The molecule has 3 aliphatic rings. The standard InChI is InChI=1S/C31H28ClFN2O3.C12H23N/c1-2-25(26-13-12-24(33)18-27(26)32)31(21-9-6-20(7-10-21)8-15-30(36)37)22-11-14-28-23(17-22)19-34-35(28)29-5-3-4-16-38-29;1-3-7-11(8-4-1)13-12-9-5-2-6-10-12/h6-15,17-19,29H,2-5,16H2,1H3,(H,36,37);11-13H,1-10H2/b15-8+,31-25+;. The molecule has 7 rings (SSSR count). The van der Waals surface area contributed by atoms with Crippen LogP contribution in [0, 0.1) is 5.82 Å². The van der Waals surface area contributed by atoms with Crippen molar-refractivity contribution >= 4 is 45.7 Å². The van der Waals surface area contributed by atoms with Crippen LogP contribution in [0.3, 0.4) is 0 Å². The molecule has 1 aromatic heterocycles. The number of nitrogens with zero attached hydrogens (tertiary/aromatic N) is 2. The number of fused-ring (bicyclic) bond motifs is 1. The highest BCUT2D eigenvalue weighted by Crippen LogP contribution is 2.39. The molecule has 1 atom stereocenters. The summed E-state index contributed by atoms with van der Waals surface area (Å²) in [5.74, 6) is -1.64. The maximum Gasteiger partial charge on any atom is 0.150 e. The van der Waals surface area contributed by atoms with Gasteiger partial charge >= 0.3 is 0 Å². The summed E-state index contributed by atoms with van der Waals surface area (Å²) in [6.45, 7) is 2.78. The van der Waals surface area contributed by atoms with Gasteiger partial charge in [0.25, 0.3) is 0 Å². The SMILES string of the molecule is C1CCC([NH2+]C2CCCCC2)CC1.CC/C(=C(/c1ccc(/C=C/C(=O)[O-])cc1)c1ccc2c(cnn2C2CCCCO2)c1)c1ccc(F)cc1Cl. The number of hydrogen-bond donors (Lipinski definition) is 1. The molecule has 4 aromatic rings. The molecule has 2 saturated carbocycles. The Morgan fingerprint density at radius 2 is 1.57 bits per heavy atom. The maximum atomic E-state index is 13.9. The van der Waals surface area contributed by atoms with Crippen molar-refractivity contribution in [1.29, 1.82) is 0 Å². The van der Waals surface area contributed by atoms with Crippen LogP contribution in [0.25, 0.3) is 28.1 Å². The Labute approximate surface area is 306 Å². The van der Waals surface area contributed by atoms with Gasteiger partial charge in [-0.05, 0) is 141 Å². The molecule has 3 fully saturated rings. The number of carbonyl (C=O) groups is 1. The van der Waals surface area contributed by atoms with Crippen LogP contribution in [0.5, 0.6) is 0 Å². The van der Waals surface area contributed by atoms with Crippen molar-refractivity contribution < 1.29 is 24.3 Å². The van der Waals surface area contributed by atoms with Crippen molar-refractivity contribution in [1.82, 2.24) is 9.78 Å². The Morgan fingerprint density at radius 1 is 0.902 bits per heavy atom. The monoisotopic (exact) mass is 711 g/mol. The number of ether oxygens (including phenoxy) is 1. The lowest BCUT2D eigenvalue weighted by atomic mass is 9.87. The lowest BCUT2D eigenvalue weighted by molar-refractivity contribution is -0.725. The molecule has 2 N–H and O–H groups in total. The molecular weight excluding hydrogens is 661 g/mol. The molecule has 51 heavy (non-hydrogen) atoms. The number of halogens is 2. The fourth-order valence-corrected chi connectivity index (χ4v) is 8.35. The van der Waals surface area contributed by atoms with E-state index in [9.17, 15) is 14.3 Å². The van der Waals surface area contributed by atoms with E-state index in [4.69, 9.17) is 16.3 Å². The molecule has 2 aliphatic carbocycles. The van der Waals surface area contributed by atoms with Crippen molar-refractivity contribution in [2.75, 3.05) is 6.61 Å². The zero-order valence-corrected chi connectivity index (χ0v) is 30.6. The number of hydrogen-bond acceptors (Lipinski definition) is 4. The maximum absolute atomic E-state index is 13.9. The van der Waals surface area contributed by atoms with Crippen LogP contribution < -0.4 is 10.4 Å². The minimum atomic E-state index is -1.25. The van der Waals surface area contributed by atoms with Gasteiger partial charge in [0, 0.05) is 12.0 Å². The first-order valence-electron chi connectivity index (χ1n) is 19.0. The molecule has 0 spiro atoms. The van der Waals surface area contributed by atoms with Crippen LogP contribution in [-0.4, -0.2) is 34.4 Å². The lowest BCUT2D eigenvalue weighted by Crippen LogP contribution is -2.95. The Morgan fingerprint density at radius 3 is 2.18 bits per heavy atom. The minimum Gasteiger partial charge on any atom is -0.545 e. The van der Waals surface area contributed by atoms with E-state index < -0.39 is 11.8 Å². The molecule has 8 heteroatoms. The van der Waals surface area contributed by atoms with E-state index in [0.29, 0.717) is 11.4 Å². The number of carbonyl (C=O) groups excluding carboxylic acids is 1. The van der Waals surface area contributed by atoms with E-state index in [-0.39, 0.29) is 6.23 Å². The summed E-state index contributed by atoms with van der Waals surface area (Å²) in [5.41, 5.74) is 6.32. The van der Waals surface area contributed by atoms with E-state index in [1.54, 1.807) is 6.07 Å². The third kappa shape index (κ3) is 9.76. The van der Waals surface area contributed by atoms with Crippen LogP contribution in [-0.2, 0) is 9.53 Å². The molecule has 6 nitrogen and oxygen atoms in total. The predicted molar refractivity (Wildman–Crippen MR) is 202 cm³/mol. The number of benzene rings is 3. The van der Waals surface area contributed by atoms with E-state index in [1.807, 2.05) is 42.1 Å². The number of aromatic nitrogens is 2. The van der Waals surface area contributed by atoms with E-state index >= 15 is 0 Å². The quantitative estimate of drug-likeness (QED) is 0.139. The second-order valence-corrected chi connectivity index (χ2v) is 14.7. The molecule has 0 amide bonds. The van der Waals surface area contributed by atoms with Crippen LogP contribution in [0.1, 0.15) is 125 Å². The normalized spacial score (nSPS) is 19.5. The van der Waals surface area contributed by atoms with Gasteiger partial charge in [0.2, 0.25) is 0 Å². The van der Waals surface area contributed by atoms with Gasteiger partial charge in [-0.1, -0.05) is 73.8 Å². The summed E-state index contributed by atoms with van der Waals surface area (Å²) in [6.07, 6.45) is 23.0. The van der Waals surface area contributed by atoms with Gasteiger partial charge in [-0.3, -0.25) is 0 Å². The van der Waals surface area contributed by atoms with Crippen molar-refractivity contribution in [3.05, 3.63) is 106 Å². The van der Waals surface area contributed by atoms with Gasteiger partial charge < -0.3 is 20.0 Å². The Balaban J connectivity index is 0.000000288. The van der Waals surface area contributed by atoms with Crippen LogP contribution >= 0.6 is 11.6 Å². The Hall–Kier alpha value is -3.78. The van der Waals surface area contributed by atoms with Gasteiger partial charge in [-0.15, -0.1) is 0 Å². The highest BCUT2D eigenvalue weighted by molar-refractivity contribution is 6.32. The molecule has 270 valence electrons. The zero-order valence-electron chi connectivity index (χ0n) is 29.8. The summed E-state index contributed by atoms with van der Waals surface area (Å²) < 4.78 is 21.8. The molecule has 0 bridgehead atoms. The van der Waals surface area contributed by atoms with Crippen LogP contribution in [0.15, 0.2) is 72.9 Å². The van der Waals surface area contributed by atoms with Gasteiger partial charge in [-0.2, -0.15) is 5.10 Å². The highest BCUT2D eigenvalue weighted by atomic mass is 35.5. The van der Waals surface area contributed by atoms with Crippen LogP contribution in [0.4, 0.5) is 4.39 Å². The highest BCUT2D eigenvalue weighted by Gasteiger charge is 2.23. The smallest absolute Gasteiger partial charge is 0.150 e. The van der Waals surface area contributed by atoms with Gasteiger partial charge in [-0.25, -0.2) is 9.07 Å². The average molecular weight is 712 g/mol. The molecule has 0 radical (unpaired) electrons. The second-order valence-electron chi connectivity index (χ2n) is 14.3. The number of quaternary nitrogens is 1. The molecular formula is C43H51ClFN3O3. The first-order valence-corrected chi connectivity index (χ1v) is 19.4. The molecule has 2 heterocycles. The zero-order chi connectivity index (χ0) is 35.6. The van der Waals surface area contributed by atoms with Crippen molar-refractivity contribution in [2.45, 2.75) is 115 Å². The van der Waals surface area contributed by atoms with Gasteiger partial charge in [0.05, 0.1) is 34.8 Å². The number of aliphatic carboxylic acids is 1. The lowest BCUT2D eigenvalue weighted by Gasteiger charge is -2.27. The second kappa shape index (κ2) is 18.1. The fourth-order valence-electron chi connectivity index (χ4n) is 8.07. The summed E-state index contributed by atoms with van der Waals surface area (Å²) in [5, 5.41) is 19.5. The van der Waals surface area contributed by atoms with Crippen molar-refractivity contribution in [3.63, 3.8) is 0 Å². The van der Waals surface area contributed by atoms with Gasteiger partial charge in [0.1, 0.15) is 5.82 Å². The molecule has 1 aliphatic heterocycles. The fraction of sp³-hybridized carbons (Fsp3) is 0.442. The number of nitrogens with two attached hydrogens (primary N) is 1. The van der Waals surface area contributed by atoms with E-state index in [1.165, 1.54) is 82.4 Å². The van der Waals surface area contributed by atoms with Crippen molar-refractivity contribution in [2.24, 2.45) is 0 Å². The minimum absolute atomic E-state index is 0.0621. The van der Waals surface area contributed by atoms with Crippen molar-refractivity contribution in [3.8, 4) is 0 Å². The topological polar surface area (TPSA) is 83.8 Å². The summed E-state index contributed by atoms with van der Waals surface area (Å²) in [7, 11) is 0. The Kier molecular flexibility index (Phi) is 13.1. The molecule has 1 saturated heterocycles. The third-order valence-electron chi connectivity index (χ3n) is 10.7. The van der Waals surface area contributed by atoms with Crippen LogP contribution in [0.2, 0.25) is 5.02 Å². The molecule has 1 unspecified atom stereocenters. The summed E-state index contributed by atoms with van der Waals surface area (Å²) in [6, 6.07) is 20.3. The van der Waals surface area contributed by atoms with E-state index in [0.717, 1.165) is 88.3 Å². The molecule has 3 aromatic carbocycles. The number of allylic oxidation sites excluding steroid dienone is 1.